The lowest BCUT2D eigenvalue weighted by molar-refractivity contribution is 0.595. The quantitative estimate of drug-likeness (QED) is 0.168. The summed E-state index contributed by atoms with van der Waals surface area (Å²) < 4.78 is 6.28. The summed E-state index contributed by atoms with van der Waals surface area (Å²) >= 11 is 1.96. The Labute approximate surface area is 352 Å². The maximum Gasteiger partial charge on any atom is 0.160 e. The highest BCUT2D eigenvalue weighted by Crippen LogP contribution is 2.55. The van der Waals surface area contributed by atoms with Gasteiger partial charge in [0.05, 0.1) is 22.6 Å². The lowest BCUT2D eigenvalue weighted by Gasteiger charge is -2.17. The number of aromatic nitrogens is 3. The summed E-state index contributed by atoms with van der Waals surface area (Å²) in [7, 11) is 0. The highest BCUT2D eigenvalue weighted by molar-refractivity contribution is 8.01. The first-order valence-electron chi connectivity index (χ1n) is 20.7. The molecule has 12 rings (SSSR count). The second kappa shape index (κ2) is 14.3. The van der Waals surface area contributed by atoms with E-state index in [1.54, 1.807) is 0 Å². The molecule has 60 heavy (non-hydrogen) atoms. The Bertz CT molecular complexity index is 3180. The zero-order valence-electron chi connectivity index (χ0n) is 32.7. The molecular formula is C55H37N3OS. The topological polar surface area (TPSA) is 51.8 Å². The van der Waals surface area contributed by atoms with E-state index in [0.29, 0.717) is 11.1 Å². The van der Waals surface area contributed by atoms with Crippen LogP contribution in [0.5, 0.6) is 0 Å². The zero-order valence-corrected chi connectivity index (χ0v) is 33.5. The monoisotopic (exact) mass is 787 g/mol. The molecule has 1 aliphatic heterocycles. The van der Waals surface area contributed by atoms with Crippen LogP contribution in [-0.2, 0) is 6.42 Å². The van der Waals surface area contributed by atoms with Crippen molar-refractivity contribution in [3.05, 3.63) is 193 Å². The molecule has 0 bridgehead atoms. The van der Waals surface area contributed by atoms with Gasteiger partial charge in [0, 0.05) is 54.3 Å². The fourth-order valence-electron chi connectivity index (χ4n) is 9.20. The van der Waals surface area contributed by atoms with Crippen LogP contribution in [0.25, 0.3) is 101 Å². The lowest BCUT2D eigenvalue weighted by Crippen LogP contribution is -2.01. The first-order valence-corrected chi connectivity index (χ1v) is 21.5. The van der Waals surface area contributed by atoms with Gasteiger partial charge >= 0.3 is 0 Å². The van der Waals surface area contributed by atoms with Gasteiger partial charge in [-0.2, -0.15) is 0 Å². The molecular weight excluding hydrogens is 751 g/mol. The van der Waals surface area contributed by atoms with Gasteiger partial charge in [-0.1, -0.05) is 158 Å². The number of benzene rings is 6. The van der Waals surface area contributed by atoms with Crippen LogP contribution in [0, 0.1) is 0 Å². The van der Waals surface area contributed by atoms with Crippen LogP contribution in [0.15, 0.2) is 185 Å². The van der Waals surface area contributed by atoms with Gasteiger partial charge in [-0.25, -0.2) is 15.0 Å². The third-order valence-corrected chi connectivity index (χ3v) is 13.5. The molecule has 5 heteroatoms. The summed E-state index contributed by atoms with van der Waals surface area (Å²) in [6.07, 6.45) is 14.2. The molecule has 1 unspecified atom stereocenters. The van der Waals surface area contributed by atoms with E-state index in [1.807, 2.05) is 36.0 Å². The number of hydrogen-bond donors (Lipinski definition) is 0. The highest BCUT2D eigenvalue weighted by atomic mass is 32.2. The van der Waals surface area contributed by atoms with Crippen LogP contribution in [0.1, 0.15) is 29.7 Å². The van der Waals surface area contributed by atoms with Crippen LogP contribution >= 0.6 is 11.8 Å². The van der Waals surface area contributed by atoms with Gasteiger partial charge < -0.3 is 4.42 Å². The summed E-state index contributed by atoms with van der Waals surface area (Å²) in [5, 5.41) is 2.82. The first-order chi connectivity index (χ1) is 29.7. The van der Waals surface area contributed by atoms with E-state index in [4.69, 9.17) is 19.4 Å². The maximum absolute atomic E-state index is 6.28. The molecule has 0 saturated carbocycles. The van der Waals surface area contributed by atoms with Gasteiger partial charge in [0.25, 0.3) is 0 Å². The molecule has 6 aromatic carbocycles. The van der Waals surface area contributed by atoms with E-state index >= 15 is 0 Å². The molecule has 0 spiro atoms. The zero-order chi connectivity index (χ0) is 39.6. The third-order valence-electron chi connectivity index (χ3n) is 12.1. The van der Waals surface area contributed by atoms with Gasteiger partial charge in [-0.15, -0.1) is 11.8 Å². The van der Waals surface area contributed by atoms with Gasteiger partial charge in [0.15, 0.2) is 5.82 Å². The minimum Gasteiger partial charge on any atom is -0.456 e. The Balaban J connectivity index is 0.954. The minimum atomic E-state index is 0.357. The number of thioether (sulfide) groups is 1. The normalized spacial score (nSPS) is 15.2. The van der Waals surface area contributed by atoms with E-state index in [0.717, 1.165) is 75.5 Å². The van der Waals surface area contributed by atoms with E-state index in [1.165, 1.54) is 54.6 Å². The SMILES string of the molecule is C1=CCC2Sc3c(-c4ccc(-c5cc(-c6ccccc6)nc(-c6ccccc6)n5)cc4)nc4cccc(-c5ccc(-c6cccc7oc8c(c67)CCC=C8)cc5)c4c3C2=C1. The number of pyridine rings is 1. The van der Waals surface area contributed by atoms with Crippen molar-refractivity contribution in [3.8, 4) is 67.4 Å². The van der Waals surface area contributed by atoms with E-state index in [-0.39, 0.29) is 0 Å². The number of aryl methyl sites for hydroxylation is 1. The molecule has 3 aromatic heterocycles. The smallest absolute Gasteiger partial charge is 0.160 e. The molecule has 4 nitrogen and oxygen atoms in total. The standard InChI is InChI=1S/C55H37N3OS/c1-3-13-36(14-4-1)45-33-46(58-55(57-45)39-15-5-2-6-16-39)37-29-31-38(32-30-37)53-54-52(43-18-8-10-24-49(43)60-54)51-41(19-11-21-44(51)56-53)35-27-25-34(26-28-35)40-20-12-23-48-50(40)42-17-7-9-22-47(42)59-48/h1-6,8-16,18-23,25-33,49H,7,17,24H2. The molecule has 4 heterocycles. The van der Waals surface area contributed by atoms with E-state index in [2.05, 4.69) is 158 Å². The Morgan fingerprint density at radius 1 is 0.567 bits per heavy atom. The Morgan fingerprint density at radius 3 is 1.97 bits per heavy atom. The largest absolute Gasteiger partial charge is 0.456 e. The summed E-state index contributed by atoms with van der Waals surface area (Å²) in [6, 6.07) is 53.6. The van der Waals surface area contributed by atoms with Crippen LogP contribution in [0.3, 0.4) is 0 Å². The first kappa shape index (κ1) is 34.9. The van der Waals surface area contributed by atoms with Gasteiger partial charge in [-0.05, 0) is 71.4 Å². The van der Waals surface area contributed by atoms with Crippen molar-refractivity contribution >= 4 is 45.3 Å². The van der Waals surface area contributed by atoms with Crippen LogP contribution in [0.2, 0.25) is 0 Å². The molecule has 0 amide bonds. The number of furan rings is 1. The van der Waals surface area contributed by atoms with Crippen molar-refractivity contribution < 1.29 is 4.42 Å². The van der Waals surface area contributed by atoms with Gasteiger partial charge in [0.2, 0.25) is 0 Å². The van der Waals surface area contributed by atoms with Crippen molar-refractivity contribution in [2.24, 2.45) is 0 Å². The minimum absolute atomic E-state index is 0.357. The Hall–Kier alpha value is -7.08. The number of fused-ring (bicyclic) bond motifs is 8. The fourth-order valence-corrected chi connectivity index (χ4v) is 10.6. The lowest BCUT2D eigenvalue weighted by atomic mass is 9.88. The van der Waals surface area contributed by atoms with Crippen LogP contribution < -0.4 is 0 Å². The number of hydrogen-bond acceptors (Lipinski definition) is 5. The molecule has 9 aromatic rings. The van der Waals surface area contributed by atoms with Crippen molar-refractivity contribution in [1.29, 1.82) is 0 Å². The second-order valence-electron chi connectivity index (χ2n) is 15.7. The molecule has 1 atom stereocenters. The molecule has 0 saturated heterocycles. The van der Waals surface area contributed by atoms with Crippen molar-refractivity contribution in [3.63, 3.8) is 0 Å². The number of rotatable bonds is 6. The summed E-state index contributed by atoms with van der Waals surface area (Å²) in [5.41, 5.74) is 17.8. The van der Waals surface area contributed by atoms with Gasteiger partial charge in [-0.3, -0.25) is 0 Å². The number of allylic oxidation sites excluding steroid dienone is 4. The molecule has 0 N–H and O–H groups in total. The summed E-state index contributed by atoms with van der Waals surface area (Å²) in [4.78, 5) is 16.8. The number of nitrogens with zero attached hydrogens (tertiary/aromatic N) is 3. The average molecular weight is 788 g/mol. The Morgan fingerprint density at radius 2 is 1.22 bits per heavy atom. The third kappa shape index (κ3) is 5.88. The maximum atomic E-state index is 6.28. The molecule has 284 valence electrons. The van der Waals surface area contributed by atoms with E-state index in [9.17, 15) is 0 Å². The van der Waals surface area contributed by atoms with Crippen molar-refractivity contribution in [2.75, 3.05) is 0 Å². The molecule has 3 aliphatic rings. The summed E-state index contributed by atoms with van der Waals surface area (Å²) in [6.45, 7) is 0. The molecule has 2 aliphatic carbocycles. The van der Waals surface area contributed by atoms with Crippen molar-refractivity contribution in [2.45, 2.75) is 29.4 Å². The summed E-state index contributed by atoms with van der Waals surface area (Å²) in [5.74, 6) is 1.71. The predicted molar refractivity (Wildman–Crippen MR) is 248 cm³/mol. The van der Waals surface area contributed by atoms with Crippen molar-refractivity contribution in [1.82, 2.24) is 15.0 Å². The second-order valence-corrected chi connectivity index (χ2v) is 16.9. The molecule has 0 fully saturated rings. The van der Waals surface area contributed by atoms with E-state index < -0.39 is 0 Å². The molecule has 0 radical (unpaired) electrons. The van der Waals surface area contributed by atoms with Crippen LogP contribution in [0.4, 0.5) is 0 Å². The average Bonchev–Trinajstić information content (AvgIpc) is 3.91. The fraction of sp³-hybridized carbons (Fsp3) is 0.0727. The van der Waals surface area contributed by atoms with Gasteiger partial charge in [0.1, 0.15) is 11.3 Å². The highest BCUT2D eigenvalue weighted by Gasteiger charge is 2.34. The Kier molecular flexibility index (Phi) is 8.34. The predicted octanol–water partition coefficient (Wildman–Crippen LogP) is 14.5. The van der Waals surface area contributed by atoms with Crippen LogP contribution in [-0.4, -0.2) is 20.2 Å².